The van der Waals surface area contributed by atoms with E-state index < -0.39 is 0 Å². The molecule has 0 spiro atoms. The van der Waals surface area contributed by atoms with Crippen LogP contribution < -0.4 is 14.8 Å². The van der Waals surface area contributed by atoms with Crippen LogP contribution in [0.1, 0.15) is 18.1 Å². The van der Waals surface area contributed by atoms with Gasteiger partial charge in [-0.25, -0.2) is 0 Å². The number of ether oxygens (including phenoxy) is 2. The molecule has 2 rings (SSSR count). The molecule has 0 bridgehead atoms. The summed E-state index contributed by atoms with van der Waals surface area (Å²) in [6.07, 6.45) is 0. The Morgan fingerprint density at radius 2 is 1.65 bits per heavy atom. The number of rotatable bonds is 7. The average Bonchev–Trinajstić information content (AvgIpc) is 2.50. The zero-order chi connectivity index (χ0) is 16.8. The van der Waals surface area contributed by atoms with Crippen LogP contribution in [0.15, 0.2) is 30.3 Å². The first-order valence-electron chi connectivity index (χ1n) is 7.21. The van der Waals surface area contributed by atoms with Gasteiger partial charge in [-0.05, 0) is 49.4 Å². The van der Waals surface area contributed by atoms with Gasteiger partial charge >= 0.3 is 0 Å². The summed E-state index contributed by atoms with van der Waals surface area (Å²) in [4.78, 5) is 0. The fourth-order valence-corrected chi connectivity index (χ4v) is 2.72. The Morgan fingerprint density at radius 1 is 0.913 bits per heavy atom. The molecule has 0 saturated carbocycles. The van der Waals surface area contributed by atoms with Crippen molar-refractivity contribution in [1.29, 1.82) is 0 Å². The first kappa shape index (κ1) is 18.2. The van der Waals surface area contributed by atoms with E-state index in [1.807, 2.05) is 32.2 Å². The summed E-state index contributed by atoms with van der Waals surface area (Å²) < 4.78 is 11.5. The number of hydrogen-bond donors (Lipinski definition) is 1. The highest BCUT2D eigenvalue weighted by Crippen LogP contribution is 2.37. The monoisotopic (exact) mass is 373 g/mol. The number of nitrogens with one attached hydrogen (secondary N) is 1. The molecule has 0 amide bonds. The van der Waals surface area contributed by atoms with Crippen LogP contribution in [-0.4, -0.2) is 13.7 Å². The highest BCUT2D eigenvalue weighted by atomic mass is 35.5. The van der Waals surface area contributed by atoms with E-state index in [0.717, 1.165) is 11.1 Å². The van der Waals surface area contributed by atoms with Crippen molar-refractivity contribution in [3.63, 3.8) is 0 Å². The number of hydrogen-bond acceptors (Lipinski definition) is 3. The van der Waals surface area contributed by atoms with Gasteiger partial charge < -0.3 is 14.8 Å². The van der Waals surface area contributed by atoms with Gasteiger partial charge in [0.15, 0.2) is 11.5 Å². The van der Waals surface area contributed by atoms with Gasteiger partial charge in [0.2, 0.25) is 0 Å². The second-order valence-corrected chi connectivity index (χ2v) is 6.13. The fourth-order valence-electron chi connectivity index (χ4n) is 2.12. The largest absolute Gasteiger partial charge is 0.490 e. The lowest BCUT2D eigenvalue weighted by molar-refractivity contribution is 0.269. The van der Waals surface area contributed by atoms with Gasteiger partial charge in [0.05, 0.1) is 21.7 Å². The van der Waals surface area contributed by atoms with Crippen LogP contribution in [0, 0.1) is 0 Å². The Bertz CT molecular complexity index is 677. The van der Waals surface area contributed by atoms with Crippen molar-refractivity contribution < 1.29 is 9.47 Å². The number of halogens is 3. The SMILES string of the molecule is CCOc1cc(CNC)cc(Cl)c1OCc1ccc(Cl)c(Cl)c1. The zero-order valence-electron chi connectivity index (χ0n) is 13.0. The van der Waals surface area contributed by atoms with Gasteiger partial charge in [-0.2, -0.15) is 0 Å². The fraction of sp³-hybridized carbons (Fsp3) is 0.294. The summed E-state index contributed by atoms with van der Waals surface area (Å²) in [5.74, 6) is 1.16. The second kappa shape index (κ2) is 8.65. The number of benzene rings is 2. The molecular weight excluding hydrogens is 357 g/mol. The van der Waals surface area contributed by atoms with Crippen LogP contribution in [0.25, 0.3) is 0 Å². The Hall–Kier alpha value is -1.13. The molecule has 0 saturated heterocycles. The molecule has 0 radical (unpaired) electrons. The molecule has 23 heavy (non-hydrogen) atoms. The molecule has 3 nitrogen and oxygen atoms in total. The zero-order valence-corrected chi connectivity index (χ0v) is 15.2. The molecule has 2 aromatic rings. The van der Waals surface area contributed by atoms with Gasteiger partial charge in [-0.15, -0.1) is 0 Å². The quantitative estimate of drug-likeness (QED) is 0.709. The lowest BCUT2D eigenvalue weighted by Crippen LogP contribution is -2.07. The predicted molar refractivity (Wildman–Crippen MR) is 96.2 cm³/mol. The minimum Gasteiger partial charge on any atom is -0.490 e. The van der Waals surface area contributed by atoms with E-state index in [2.05, 4.69) is 5.32 Å². The summed E-state index contributed by atoms with van der Waals surface area (Å²) in [7, 11) is 1.88. The summed E-state index contributed by atoms with van der Waals surface area (Å²) in [6.45, 7) is 3.47. The van der Waals surface area contributed by atoms with E-state index in [0.29, 0.717) is 46.3 Å². The van der Waals surface area contributed by atoms with Crippen molar-refractivity contribution in [2.45, 2.75) is 20.1 Å². The Balaban J connectivity index is 2.21. The molecule has 2 aromatic carbocycles. The van der Waals surface area contributed by atoms with Gasteiger partial charge in [-0.1, -0.05) is 40.9 Å². The van der Waals surface area contributed by atoms with E-state index in [9.17, 15) is 0 Å². The molecule has 0 heterocycles. The molecule has 6 heteroatoms. The minimum atomic E-state index is 0.321. The molecule has 0 fully saturated rings. The maximum atomic E-state index is 6.35. The first-order chi connectivity index (χ1) is 11.0. The third kappa shape index (κ3) is 4.92. The van der Waals surface area contributed by atoms with E-state index in [1.165, 1.54) is 0 Å². The maximum absolute atomic E-state index is 6.35. The normalized spacial score (nSPS) is 10.7. The van der Waals surface area contributed by atoms with Crippen molar-refractivity contribution in [1.82, 2.24) is 5.32 Å². The Morgan fingerprint density at radius 3 is 2.30 bits per heavy atom. The molecular formula is C17H18Cl3NO2. The average molecular weight is 375 g/mol. The summed E-state index contributed by atoms with van der Waals surface area (Å²) in [5.41, 5.74) is 1.93. The summed E-state index contributed by atoms with van der Waals surface area (Å²) in [5, 5.41) is 4.61. The molecule has 0 aliphatic carbocycles. The van der Waals surface area contributed by atoms with E-state index in [4.69, 9.17) is 44.3 Å². The molecule has 1 N–H and O–H groups in total. The molecule has 0 unspecified atom stereocenters. The minimum absolute atomic E-state index is 0.321. The second-order valence-electron chi connectivity index (χ2n) is 4.91. The van der Waals surface area contributed by atoms with Crippen molar-refractivity contribution in [3.8, 4) is 11.5 Å². The van der Waals surface area contributed by atoms with E-state index >= 15 is 0 Å². The Kier molecular flexibility index (Phi) is 6.85. The van der Waals surface area contributed by atoms with Gasteiger partial charge in [-0.3, -0.25) is 0 Å². The van der Waals surface area contributed by atoms with Crippen LogP contribution in [0.2, 0.25) is 15.1 Å². The van der Waals surface area contributed by atoms with Crippen molar-refractivity contribution in [2.75, 3.05) is 13.7 Å². The van der Waals surface area contributed by atoms with Crippen molar-refractivity contribution in [2.24, 2.45) is 0 Å². The third-order valence-electron chi connectivity index (χ3n) is 3.12. The van der Waals surface area contributed by atoms with E-state index in [-0.39, 0.29) is 0 Å². The third-order valence-corrected chi connectivity index (χ3v) is 4.14. The van der Waals surface area contributed by atoms with Gasteiger partial charge in [0, 0.05) is 6.54 Å². The molecule has 0 aliphatic rings. The molecule has 124 valence electrons. The maximum Gasteiger partial charge on any atom is 0.180 e. The summed E-state index contributed by atoms with van der Waals surface area (Å²) in [6, 6.07) is 9.16. The van der Waals surface area contributed by atoms with Crippen LogP contribution in [-0.2, 0) is 13.2 Å². The topological polar surface area (TPSA) is 30.5 Å². The first-order valence-corrected chi connectivity index (χ1v) is 8.35. The molecule has 0 aromatic heterocycles. The van der Waals surface area contributed by atoms with Crippen LogP contribution in [0.5, 0.6) is 11.5 Å². The summed E-state index contributed by atoms with van der Waals surface area (Å²) >= 11 is 18.3. The molecule has 0 atom stereocenters. The smallest absolute Gasteiger partial charge is 0.180 e. The van der Waals surface area contributed by atoms with Crippen LogP contribution >= 0.6 is 34.8 Å². The lowest BCUT2D eigenvalue weighted by Gasteiger charge is -2.15. The van der Waals surface area contributed by atoms with Crippen molar-refractivity contribution in [3.05, 3.63) is 56.5 Å². The lowest BCUT2D eigenvalue weighted by atomic mass is 10.2. The van der Waals surface area contributed by atoms with E-state index in [1.54, 1.807) is 12.1 Å². The van der Waals surface area contributed by atoms with Gasteiger partial charge in [0.25, 0.3) is 0 Å². The Labute approximate surface area is 151 Å². The predicted octanol–water partition coefficient (Wildman–Crippen LogP) is 5.34. The van der Waals surface area contributed by atoms with Gasteiger partial charge in [0.1, 0.15) is 6.61 Å². The standard InChI is InChI=1S/C17H18Cl3NO2/c1-3-22-16-8-12(9-21-2)7-15(20)17(16)23-10-11-4-5-13(18)14(19)6-11/h4-8,21H,3,9-10H2,1-2H3. The molecule has 0 aliphatic heterocycles. The van der Waals surface area contributed by atoms with Crippen LogP contribution in [0.4, 0.5) is 0 Å². The highest BCUT2D eigenvalue weighted by molar-refractivity contribution is 6.42. The highest BCUT2D eigenvalue weighted by Gasteiger charge is 2.13. The van der Waals surface area contributed by atoms with Crippen molar-refractivity contribution >= 4 is 34.8 Å². The van der Waals surface area contributed by atoms with Crippen LogP contribution in [0.3, 0.4) is 0 Å².